The zero-order valence-electron chi connectivity index (χ0n) is 9.01. The fraction of sp³-hybridized carbons (Fsp3) is 1.00. The maximum absolute atomic E-state index is 2.70. The molecule has 1 heterocycles. The molecule has 1 fully saturated rings. The second-order valence-corrected chi connectivity index (χ2v) is 4.36. The van der Waals surface area contributed by atoms with E-state index in [4.69, 9.17) is 0 Å². The molecule has 0 radical (unpaired) electrons. The number of hydrogen-bond acceptors (Lipinski definition) is 1. The lowest BCUT2D eigenvalue weighted by Gasteiger charge is -2.29. The lowest BCUT2D eigenvalue weighted by Crippen LogP contribution is -2.36. The van der Waals surface area contributed by atoms with Crippen molar-refractivity contribution in [2.75, 3.05) is 6.54 Å². The third kappa shape index (κ3) is 2.01. The van der Waals surface area contributed by atoms with E-state index in [-0.39, 0.29) is 0 Å². The normalized spacial score (nSPS) is 34.0. The van der Waals surface area contributed by atoms with Crippen LogP contribution in [0.2, 0.25) is 0 Å². The molecular formula is C11H23N. The van der Waals surface area contributed by atoms with Crippen molar-refractivity contribution in [1.82, 2.24) is 4.90 Å². The minimum absolute atomic E-state index is 0.792. The molecule has 0 amide bonds. The van der Waals surface area contributed by atoms with Crippen LogP contribution in [0.15, 0.2) is 0 Å². The summed E-state index contributed by atoms with van der Waals surface area (Å²) in [5.74, 6) is 0.920. The van der Waals surface area contributed by atoms with Crippen LogP contribution in [-0.2, 0) is 0 Å². The Hall–Kier alpha value is -0.0400. The van der Waals surface area contributed by atoms with Crippen molar-refractivity contribution in [3.8, 4) is 0 Å². The van der Waals surface area contributed by atoms with Crippen molar-refractivity contribution in [2.45, 2.75) is 59.0 Å². The van der Waals surface area contributed by atoms with Crippen LogP contribution in [0.4, 0.5) is 0 Å². The molecule has 0 aromatic heterocycles. The van der Waals surface area contributed by atoms with Gasteiger partial charge in [0, 0.05) is 18.6 Å². The maximum atomic E-state index is 2.70. The Morgan fingerprint density at radius 3 is 2.58 bits per heavy atom. The summed E-state index contributed by atoms with van der Waals surface area (Å²) in [6.45, 7) is 10.7. The Labute approximate surface area is 77.1 Å². The van der Waals surface area contributed by atoms with Crippen LogP contribution in [0.1, 0.15) is 47.0 Å². The van der Waals surface area contributed by atoms with E-state index in [1.54, 1.807) is 0 Å². The molecule has 0 aromatic rings. The van der Waals surface area contributed by atoms with E-state index in [1.165, 1.54) is 25.8 Å². The van der Waals surface area contributed by atoms with Gasteiger partial charge in [0.05, 0.1) is 0 Å². The molecular weight excluding hydrogens is 146 g/mol. The molecule has 3 atom stereocenters. The van der Waals surface area contributed by atoms with Gasteiger partial charge in [-0.2, -0.15) is 0 Å². The third-order valence-electron chi connectivity index (χ3n) is 3.29. The van der Waals surface area contributed by atoms with Gasteiger partial charge in [-0.05, 0) is 32.1 Å². The van der Waals surface area contributed by atoms with Gasteiger partial charge in [-0.25, -0.2) is 0 Å². The zero-order valence-corrected chi connectivity index (χ0v) is 9.01. The molecule has 12 heavy (non-hydrogen) atoms. The van der Waals surface area contributed by atoms with Gasteiger partial charge in [0.1, 0.15) is 0 Å². The lowest BCUT2D eigenvalue weighted by atomic mass is 10.1. The van der Waals surface area contributed by atoms with E-state index in [2.05, 4.69) is 32.6 Å². The fourth-order valence-electron chi connectivity index (χ4n) is 2.36. The monoisotopic (exact) mass is 169 g/mol. The lowest BCUT2D eigenvalue weighted by molar-refractivity contribution is 0.180. The Balaban J connectivity index is 2.51. The Morgan fingerprint density at radius 1 is 1.42 bits per heavy atom. The standard InChI is InChI=1S/C11H23N/c1-5-10(4)12-8-9(3)7-11(12)6-2/h9-11H,5-8H2,1-4H3. The van der Waals surface area contributed by atoms with Crippen molar-refractivity contribution < 1.29 is 0 Å². The largest absolute Gasteiger partial charge is 0.297 e. The van der Waals surface area contributed by atoms with Crippen LogP contribution in [-0.4, -0.2) is 23.5 Å². The summed E-state index contributed by atoms with van der Waals surface area (Å²) in [6.07, 6.45) is 4.04. The van der Waals surface area contributed by atoms with Crippen molar-refractivity contribution >= 4 is 0 Å². The average molecular weight is 169 g/mol. The molecule has 1 saturated heterocycles. The highest BCUT2D eigenvalue weighted by molar-refractivity contribution is 4.85. The topological polar surface area (TPSA) is 3.24 Å². The van der Waals surface area contributed by atoms with Crippen molar-refractivity contribution in [1.29, 1.82) is 0 Å². The fourth-order valence-corrected chi connectivity index (χ4v) is 2.36. The molecule has 72 valence electrons. The quantitative estimate of drug-likeness (QED) is 0.628. The van der Waals surface area contributed by atoms with Crippen molar-refractivity contribution in [3.63, 3.8) is 0 Å². The van der Waals surface area contributed by atoms with Crippen LogP contribution < -0.4 is 0 Å². The molecule has 0 bridgehead atoms. The molecule has 0 N–H and O–H groups in total. The molecule has 0 spiro atoms. The first kappa shape index (κ1) is 10.0. The summed E-state index contributed by atoms with van der Waals surface area (Å²) in [6, 6.07) is 1.66. The molecule has 0 aliphatic carbocycles. The first-order valence-electron chi connectivity index (χ1n) is 5.44. The molecule has 1 nitrogen and oxygen atoms in total. The molecule has 0 aromatic carbocycles. The number of hydrogen-bond donors (Lipinski definition) is 0. The van der Waals surface area contributed by atoms with E-state index in [9.17, 15) is 0 Å². The predicted molar refractivity (Wildman–Crippen MR) is 54.3 cm³/mol. The van der Waals surface area contributed by atoms with Crippen LogP contribution >= 0.6 is 0 Å². The maximum Gasteiger partial charge on any atom is 0.00985 e. The second-order valence-electron chi connectivity index (χ2n) is 4.36. The predicted octanol–water partition coefficient (Wildman–Crippen LogP) is 2.91. The van der Waals surface area contributed by atoms with Crippen molar-refractivity contribution in [2.24, 2.45) is 5.92 Å². The SMILES string of the molecule is CCC(C)N1CC(C)CC1CC. The van der Waals surface area contributed by atoms with E-state index < -0.39 is 0 Å². The summed E-state index contributed by atoms with van der Waals surface area (Å²) < 4.78 is 0. The Morgan fingerprint density at radius 2 is 2.08 bits per heavy atom. The van der Waals surface area contributed by atoms with E-state index in [1.807, 2.05) is 0 Å². The van der Waals surface area contributed by atoms with Gasteiger partial charge in [-0.15, -0.1) is 0 Å². The van der Waals surface area contributed by atoms with Gasteiger partial charge in [-0.3, -0.25) is 4.90 Å². The Bertz CT molecular complexity index is 133. The minimum atomic E-state index is 0.792. The molecule has 1 aliphatic rings. The van der Waals surface area contributed by atoms with E-state index >= 15 is 0 Å². The molecule has 3 unspecified atom stereocenters. The van der Waals surface area contributed by atoms with Crippen LogP contribution in [0.25, 0.3) is 0 Å². The van der Waals surface area contributed by atoms with Gasteiger partial charge in [0.15, 0.2) is 0 Å². The minimum Gasteiger partial charge on any atom is -0.297 e. The summed E-state index contributed by atoms with van der Waals surface area (Å²) in [5.41, 5.74) is 0. The summed E-state index contributed by atoms with van der Waals surface area (Å²) in [7, 11) is 0. The van der Waals surface area contributed by atoms with E-state index in [0.29, 0.717) is 0 Å². The molecule has 1 aliphatic heterocycles. The summed E-state index contributed by atoms with van der Waals surface area (Å²) >= 11 is 0. The molecule has 1 heteroatoms. The van der Waals surface area contributed by atoms with Gasteiger partial charge in [0.25, 0.3) is 0 Å². The van der Waals surface area contributed by atoms with Gasteiger partial charge in [-0.1, -0.05) is 20.8 Å². The van der Waals surface area contributed by atoms with Crippen LogP contribution in [0.3, 0.4) is 0 Å². The zero-order chi connectivity index (χ0) is 9.14. The number of rotatable bonds is 3. The van der Waals surface area contributed by atoms with Crippen LogP contribution in [0, 0.1) is 5.92 Å². The van der Waals surface area contributed by atoms with Crippen molar-refractivity contribution in [3.05, 3.63) is 0 Å². The highest BCUT2D eigenvalue weighted by atomic mass is 15.2. The van der Waals surface area contributed by atoms with Crippen LogP contribution in [0.5, 0.6) is 0 Å². The summed E-state index contributed by atoms with van der Waals surface area (Å²) in [4.78, 5) is 2.70. The summed E-state index contributed by atoms with van der Waals surface area (Å²) in [5, 5.41) is 0. The second kappa shape index (κ2) is 4.27. The smallest absolute Gasteiger partial charge is 0.00985 e. The average Bonchev–Trinajstić information content (AvgIpc) is 2.45. The number of likely N-dealkylation sites (tertiary alicyclic amines) is 1. The Kier molecular flexibility index (Phi) is 3.57. The number of nitrogens with zero attached hydrogens (tertiary/aromatic N) is 1. The van der Waals surface area contributed by atoms with Gasteiger partial charge >= 0.3 is 0 Å². The van der Waals surface area contributed by atoms with Gasteiger partial charge < -0.3 is 0 Å². The highest BCUT2D eigenvalue weighted by Gasteiger charge is 2.30. The third-order valence-corrected chi connectivity index (χ3v) is 3.29. The first-order valence-corrected chi connectivity index (χ1v) is 5.44. The molecule has 1 rings (SSSR count). The highest BCUT2D eigenvalue weighted by Crippen LogP contribution is 2.27. The molecule has 0 saturated carbocycles. The van der Waals surface area contributed by atoms with Gasteiger partial charge in [0.2, 0.25) is 0 Å². The first-order chi connectivity index (χ1) is 5.69. The van der Waals surface area contributed by atoms with E-state index in [0.717, 1.165) is 18.0 Å².